The van der Waals surface area contributed by atoms with Crippen molar-refractivity contribution in [1.29, 1.82) is 0 Å². The highest BCUT2D eigenvalue weighted by Crippen LogP contribution is 2.28. The smallest absolute Gasteiger partial charge is 0.225 e. The van der Waals surface area contributed by atoms with Crippen LogP contribution in [0, 0.1) is 5.92 Å². The van der Waals surface area contributed by atoms with E-state index in [4.69, 9.17) is 5.73 Å². The maximum atomic E-state index is 12.3. The number of benzene rings is 1. The highest BCUT2D eigenvalue weighted by molar-refractivity contribution is 5.78. The van der Waals surface area contributed by atoms with Gasteiger partial charge in [-0.3, -0.25) is 4.79 Å². The summed E-state index contributed by atoms with van der Waals surface area (Å²) in [6, 6.07) is 10.5. The van der Waals surface area contributed by atoms with Crippen LogP contribution in [0.5, 0.6) is 0 Å². The number of rotatable bonds is 4. The van der Waals surface area contributed by atoms with Gasteiger partial charge in [0.05, 0.1) is 0 Å². The molecule has 3 nitrogen and oxygen atoms in total. The number of amides is 1. The first-order valence-electron chi connectivity index (χ1n) is 7.72. The maximum Gasteiger partial charge on any atom is 0.225 e. The van der Waals surface area contributed by atoms with Crippen LogP contribution in [0.25, 0.3) is 0 Å². The minimum absolute atomic E-state index is 0.0453. The molecule has 0 spiro atoms. The molecule has 1 aliphatic rings. The first-order valence-corrected chi connectivity index (χ1v) is 7.72. The largest absolute Gasteiger partial charge is 0.341 e. The van der Waals surface area contributed by atoms with E-state index in [1.165, 1.54) is 5.56 Å². The SMILES string of the molecule is CCCC(C)C(=O)N1CCC(c2ccccc2)C(N)C1. The predicted molar refractivity (Wildman–Crippen MR) is 82.4 cm³/mol. The van der Waals surface area contributed by atoms with Crippen LogP contribution >= 0.6 is 0 Å². The zero-order valence-electron chi connectivity index (χ0n) is 12.6. The average molecular weight is 274 g/mol. The summed E-state index contributed by atoms with van der Waals surface area (Å²) in [6.45, 7) is 5.67. The van der Waals surface area contributed by atoms with Gasteiger partial charge in [-0.25, -0.2) is 0 Å². The molecule has 1 aromatic carbocycles. The number of hydrogen-bond donors (Lipinski definition) is 1. The number of piperidine rings is 1. The number of likely N-dealkylation sites (tertiary alicyclic amines) is 1. The second-order valence-corrected chi connectivity index (χ2v) is 5.94. The molecule has 1 fully saturated rings. The van der Waals surface area contributed by atoms with Crippen LogP contribution in [0.1, 0.15) is 44.6 Å². The van der Waals surface area contributed by atoms with E-state index in [9.17, 15) is 4.79 Å². The quantitative estimate of drug-likeness (QED) is 0.917. The predicted octanol–water partition coefficient (Wildman–Crippen LogP) is 2.77. The lowest BCUT2D eigenvalue weighted by atomic mass is 9.85. The molecule has 3 unspecified atom stereocenters. The highest BCUT2D eigenvalue weighted by atomic mass is 16.2. The summed E-state index contributed by atoms with van der Waals surface area (Å²) in [5, 5.41) is 0. The van der Waals surface area contributed by atoms with E-state index in [1.807, 2.05) is 17.9 Å². The molecular formula is C17H26N2O. The normalized spacial score (nSPS) is 24.4. The monoisotopic (exact) mass is 274 g/mol. The molecule has 1 saturated heterocycles. The van der Waals surface area contributed by atoms with Gasteiger partial charge in [0.15, 0.2) is 0 Å². The molecule has 1 aliphatic heterocycles. The van der Waals surface area contributed by atoms with Gasteiger partial charge >= 0.3 is 0 Å². The first kappa shape index (κ1) is 15.0. The molecule has 110 valence electrons. The van der Waals surface area contributed by atoms with Gasteiger partial charge in [0.2, 0.25) is 5.91 Å². The van der Waals surface area contributed by atoms with Crippen molar-refractivity contribution in [3.63, 3.8) is 0 Å². The number of carbonyl (C=O) groups is 1. The van der Waals surface area contributed by atoms with Gasteiger partial charge in [-0.1, -0.05) is 50.6 Å². The summed E-state index contributed by atoms with van der Waals surface area (Å²) in [5.74, 6) is 0.774. The summed E-state index contributed by atoms with van der Waals surface area (Å²) in [5.41, 5.74) is 7.62. The third kappa shape index (κ3) is 3.40. The van der Waals surface area contributed by atoms with E-state index in [0.29, 0.717) is 12.5 Å². The number of nitrogens with two attached hydrogens (primary N) is 1. The number of carbonyl (C=O) groups excluding carboxylic acids is 1. The zero-order chi connectivity index (χ0) is 14.5. The zero-order valence-corrected chi connectivity index (χ0v) is 12.6. The number of hydrogen-bond acceptors (Lipinski definition) is 2. The van der Waals surface area contributed by atoms with Gasteiger partial charge in [0.1, 0.15) is 0 Å². The van der Waals surface area contributed by atoms with E-state index in [0.717, 1.165) is 25.8 Å². The molecule has 2 rings (SSSR count). The molecule has 2 N–H and O–H groups in total. The molecule has 0 saturated carbocycles. The fourth-order valence-electron chi connectivity index (χ4n) is 3.16. The highest BCUT2D eigenvalue weighted by Gasteiger charge is 2.31. The molecule has 20 heavy (non-hydrogen) atoms. The summed E-state index contributed by atoms with van der Waals surface area (Å²) >= 11 is 0. The maximum absolute atomic E-state index is 12.3. The van der Waals surface area contributed by atoms with Crippen LogP contribution in [0.4, 0.5) is 0 Å². The Balaban J connectivity index is 1.97. The van der Waals surface area contributed by atoms with Crippen LogP contribution in [0.3, 0.4) is 0 Å². The second-order valence-electron chi connectivity index (χ2n) is 5.94. The average Bonchev–Trinajstić information content (AvgIpc) is 2.47. The van der Waals surface area contributed by atoms with Crippen LogP contribution in [0.15, 0.2) is 30.3 Å². The molecular weight excluding hydrogens is 248 g/mol. The molecule has 0 aromatic heterocycles. The van der Waals surface area contributed by atoms with Crippen molar-refractivity contribution in [2.75, 3.05) is 13.1 Å². The topological polar surface area (TPSA) is 46.3 Å². The van der Waals surface area contributed by atoms with Gasteiger partial charge in [0.25, 0.3) is 0 Å². The molecule has 0 bridgehead atoms. The van der Waals surface area contributed by atoms with Crippen molar-refractivity contribution in [3.05, 3.63) is 35.9 Å². The Morgan fingerprint density at radius 3 is 2.70 bits per heavy atom. The van der Waals surface area contributed by atoms with Crippen molar-refractivity contribution >= 4 is 5.91 Å². The molecule has 1 aromatic rings. The van der Waals surface area contributed by atoms with Crippen molar-refractivity contribution in [1.82, 2.24) is 4.90 Å². The van der Waals surface area contributed by atoms with E-state index in [1.54, 1.807) is 0 Å². The fraction of sp³-hybridized carbons (Fsp3) is 0.588. The van der Waals surface area contributed by atoms with Gasteiger partial charge in [-0.05, 0) is 18.4 Å². The third-order valence-corrected chi connectivity index (χ3v) is 4.34. The van der Waals surface area contributed by atoms with Crippen molar-refractivity contribution in [3.8, 4) is 0 Å². The molecule has 3 heteroatoms. The summed E-state index contributed by atoms with van der Waals surface area (Å²) in [4.78, 5) is 14.3. The Morgan fingerprint density at radius 1 is 1.40 bits per heavy atom. The molecule has 0 aliphatic carbocycles. The van der Waals surface area contributed by atoms with Gasteiger partial charge < -0.3 is 10.6 Å². The summed E-state index contributed by atoms with van der Waals surface area (Å²) < 4.78 is 0. The van der Waals surface area contributed by atoms with Crippen LogP contribution < -0.4 is 5.73 Å². The summed E-state index contributed by atoms with van der Waals surface area (Å²) in [7, 11) is 0. The van der Waals surface area contributed by atoms with Crippen molar-refractivity contribution in [2.45, 2.75) is 45.1 Å². The van der Waals surface area contributed by atoms with Crippen LogP contribution in [-0.2, 0) is 4.79 Å². The number of nitrogens with zero attached hydrogens (tertiary/aromatic N) is 1. The third-order valence-electron chi connectivity index (χ3n) is 4.34. The second kappa shape index (κ2) is 6.89. The van der Waals surface area contributed by atoms with Crippen LogP contribution in [0.2, 0.25) is 0 Å². The Hall–Kier alpha value is -1.35. The molecule has 1 amide bonds. The fourth-order valence-corrected chi connectivity index (χ4v) is 3.16. The summed E-state index contributed by atoms with van der Waals surface area (Å²) in [6.07, 6.45) is 2.99. The van der Waals surface area contributed by atoms with E-state index >= 15 is 0 Å². The Kier molecular flexibility index (Phi) is 5.18. The molecule has 0 radical (unpaired) electrons. The molecule has 3 atom stereocenters. The Bertz CT molecular complexity index is 432. The van der Waals surface area contributed by atoms with E-state index in [2.05, 4.69) is 31.2 Å². The first-order chi connectivity index (χ1) is 9.63. The van der Waals surface area contributed by atoms with Gasteiger partial charge in [0, 0.05) is 31.0 Å². The lowest BCUT2D eigenvalue weighted by molar-refractivity contribution is -0.136. The van der Waals surface area contributed by atoms with Crippen molar-refractivity contribution in [2.24, 2.45) is 11.7 Å². The standard InChI is InChI=1S/C17H26N2O/c1-3-7-13(2)17(20)19-11-10-15(16(18)12-19)14-8-5-4-6-9-14/h4-6,8-9,13,15-16H,3,7,10-12,18H2,1-2H3. The van der Waals surface area contributed by atoms with E-state index < -0.39 is 0 Å². The van der Waals surface area contributed by atoms with Gasteiger partial charge in [-0.15, -0.1) is 0 Å². The van der Waals surface area contributed by atoms with Crippen molar-refractivity contribution < 1.29 is 4.79 Å². The van der Waals surface area contributed by atoms with E-state index in [-0.39, 0.29) is 17.9 Å². The lowest BCUT2D eigenvalue weighted by Crippen LogP contribution is -2.50. The van der Waals surface area contributed by atoms with Gasteiger partial charge in [-0.2, -0.15) is 0 Å². The lowest BCUT2D eigenvalue weighted by Gasteiger charge is -2.38. The minimum Gasteiger partial charge on any atom is -0.341 e. The Labute approximate surface area is 122 Å². The van der Waals surface area contributed by atoms with Crippen LogP contribution in [-0.4, -0.2) is 29.9 Å². The molecule has 1 heterocycles. The minimum atomic E-state index is 0.0453. The Morgan fingerprint density at radius 2 is 2.10 bits per heavy atom.